The number of carbonyl (C=O) groups excluding carboxylic acids is 1. The highest BCUT2D eigenvalue weighted by molar-refractivity contribution is 5.86. The second-order valence-electron chi connectivity index (χ2n) is 4.93. The molecule has 1 aliphatic carbocycles. The monoisotopic (exact) mass is 266 g/mol. The van der Waals surface area contributed by atoms with Crippen LogP contribution in [0.5, 0.6) is 0 Å². The summed E-state index contributed by atoms with van der Waals surface area (Å²) >= 11 is 0. The van der Waals surface area contributed by atoms with E-state index in [1.807, 2.05) is 0 Å². The van der Waals surface area contributed by atoms with Gasteiger partial charge in [-0.2, -0.15) is 0 Å². The quantitative estimate of drug-likeness (QED) is 0.777. The Morgan fingerprint density at radius 3 is 2.63 bits per heavy atom. The van der Waals surface area contributed by atoms with Gasteiger partial charge in [0.2, 0.25) is 0 Å². The molecule has 1 atom stereocenters. The van der Waals surface area contributed by atoms with Gasteiger partial charge in [-0.25, -0.2) is 9.59 Å². The van der Waals surface area contributed by atoms with Gasteiger partial charge in [0.1, 0.15) is 11.3 Å². The molecule has 0 spiro atoms. The molecular formula is C13H18N2O4. The third-order valence-electron chi connectivity index (χ3n) is 3.54. The summed E-state index contributed by atoms with van der Waals surface area (Å²) in [6.45, 7) is 1.78. The number of hydrogen-bond acceptors (Lipinski definition) is 3. The first-order valence-electron chi connectivity index (χ1n) is 6.39. The molecule has 0 bridgehead atoms. The Morgan fingerprint density at radius 1 is 1.42 bits per heavy atom. The molecule has 6 nitrogen and oxygen atoms in total. The van der Waals surface area contributed by atoms with Crippen molar-refractivity contribution in [3.8, 4) is 0 Å². The highest BCUT2D eigenvalue weighted by atomic mass is 16.4. The topological polar surface area (TPSA) is 91.6 Å². The summed E-state index contributed by atoms with van der Waals surface area (Å²) in [6.07, 6.45) is 4.12. The Balaban J connectivity index is 1.95. The predicted molar refractivity (Wildman–Crippen MR) is 67.6 cm³/mol. The van der Waals surface area contributed by atoms with Gasteiger partial charge in [-0.05, 0) is 31.9 Å². The third kappa shape index (κ3) is 2.89. The van der Waals surface area contributed by atoms with Crippen molar-refractivity contribution >= 4 is 12.0 Å². The number of carbonyl (C=O) groups is 2. The van der Waals surface area contributed by atoms with E-state index in [2.05, 4.69) is 10.6 Å². The maximum Gasteiger partial charge on any atom is 0.329 e. The van der Waals surface area contributed by atoms with Crippen molar-refractivity contribution in [3.05, 3.63) is 24.2 Å². The van der Waals surface area contributed by atoms with Gasteiger partial charge < -0.3 is 20.2 Å². The zero-order valence-corrected chi connectivity index (χ0v) is 10.8. The number of nitrogens with one attached hydrogen (secondary N) is 2. The smallest absolute Gasteiger partial charge is 0.329 e. The summed E-state index contributed by atoms with van der Waals surface area (Å²) in [4.78, 5) is 23.2. The molecule has 0 radical (unpaired) electrons. The Bertz CT molecular complexity index is 449. The molecule has 1 aromatic heterocycles. The van der Waals surface area contributed by atoms with E-state index in [4.69, 9.17) is 4.42 Å². The number of aliphatic carboxylic acids is 1. The van der Waals surface area contributed by atoms with Gasteiger partial charge in [-0.1, -0.05) is 12.8 Å². The van der Waals surface area contributed by atoms with Crippen LogP contribution in [0.15, 0.2) is 22.8 Å². The maximum atomic E-state index is 11.9. The van der Waals surface area contributed by atoms with E-state index >= 15 is 0 Å². The van der Waals surface area contributed by atoms with Crippen molar-refractivity contribution in [2.75, 3.05) is 0 Å². The number of furan rings is 1. The molecule has 104 valence electrons. The van der Waals surface area contributed by atoms with Gasteiger partial charge in [-0.3, -0.25) is 0 Å². The van der Waals surface area contributed by atoms with Gasteiger partial charge in [0.05, 0.1) is 12.3 Å². The van der Waals surface area contributed by atoms with Crippen molar-refractivity contribution < 1.29 is 19.1 Å². The molecule has 3 N–H and O–H groups in total. The Labute approximate surface area is 111 Å². The van der Waals surface area contributed by atoms with E-state index in [0.29, 0.717) is 18.6 Å². The lowest BCUT2D eigenvalue weighted by Crippen LogP contribution is -2.55. The van der Waals surface area contributed by atoms with Crippen LogP contribution in [-0.2, 0) is 4.79 Å². The zero-order chi connectivity index (χ0) is 13.9. The molecule has 2 rings (SSSR count). The average Bonchev–Trinajstić information content (AvgIpc) is 2.99. The van der Waals surface area contributed by atoms with Gasteiger partial charge in [0, 0.05) is 0 Å². The van der Waals surface area contributed by atoms with Crippen LogP contribution in [0.4, 0.5) is 4.79 Å². The maximum absolute atomic E-state index is 11.9. The molecule has 0 saturated heterocycles. The second-order valence-corrected chi connectivity index (χ2v) is 4.93. The minimum Gasteiger partial charge on any atom is -0.480 e. The summed E-state index contributed by atoms with van der Waals surface area (Å²) in [7, 11) is 0. The molecule has 1 unspecified atom stereocenters. The number of carboxylic acids is 1. The lowest BCUT2D eigenvalue weighted by Gasteiger charge is -2.26. The first-order chi connectivity index (χ1) is 9.03. The second kappa shape index (κ2) is 5.34. The largest absolute Gasteiger partial charge is 0.480 e. The molecule has 1 aromatic rings. The summed E-state index contributed by atoms with van der Waals surface area (Å²) in [5.74, 6) is -0.336. The molecule has 2 amide bonds. The Morgan fingerprint density at radius 2 is 2.11 bits per heavy atom. The summed E-state index contributed by atoms with van der Waals surface area (Å²) in [6, 6.07) is 2.71. The molecule has 1 heterocycles. The number of hydrogen-bond donors (Lipinski definition) is 3. The zero-order valence-electron chi connectivity index (χ0n) is 10.8. The van der Waals surface area contributed by atoms with Crippen molar-refractivity contribution in [1.29, 1.82) is 0 Å². The van der Waals surface area contributed by atoms with Gasteiger partial charge in [0.15, 0.2) is 0 Å². The van der Waals surface area contributed by atoms with Crippen LogP contribution in [0, 0.1) is 0 Å². The van der Waals surface area contributed by atoms with Crippen molar-refractivity contribution in [2.45, 2.75) is 44.2 Å². The molecule has 1 saturated carbocycles. The molecule has 19 heavy (non-hydrogen) atoms. The van der Waals surface area contributed by atoms with Crippen LogP contribution < -0.4 is 10.6 Å². The van der Waals surface area contributed by atoms with E-state index in [1.165, 1.54) is 6.26 Å². The van der Waals surface area contributed by atoms with Crippen molar-refractivity contribution in [2.24, 2.45) is 0 Å². The molecule has 6 heteroatoms. The third-order valence-corrected chi connectivity index (χ3v) is 3.54. The molecular weight excluding hydrogens is 248 g/mol. The van der Waals surface area contributed by atoms with Crippen LogP contribution in [0.2, 0.25) is 0 Å². The first-order valence-corrected chi connectivity index (χ1v) is 6.39. The minimum atomic E-state index is -1.12. The normalized spacial score (nSPS) is 18.8. The number of amides is 2. The van der Waals surface area contributed by atoms with Crippen LogP contribution in [0.1, 0.15) is 44.4 Å². The van der Waals surface area contributed by atoms with E-state index < -0.39 is 17.5 Å². The standard InChI is InChI=1S/C13H18N2O4/c1-9(10-5-4-8-19-10)14-12(18)15-13(11(16)17)6-2-3-7-13/h4-5,8-9H,2-3,6-7H2,1H3,(H,16,17)(H2,14,15,18). The van der Waals surface area contributed by atoms with E-state index in [9.17, 15) is 14.7 Å². The van der Waals surface area contributed by atoms with Crippen molar-refractivity contribution in [3.63, 3.8) is 0 Å². The Kier molecular flexibility index (Phi) is 3.78. The molecule has 0 aliphatic heterocycles. The number of carboxylic acid groups (broad SMARTS) is 1. The van der Waals surface area contributed by atoms with Crippen molar-refractivity contribution in [1.82, 2.24) is 10.6 Å². The van der Waals surface area contributed by atoms with Gasteiger partial charge in [0.25, 0.3) is 0 Å². The fourth-order valence-electron chi connectivity index (χ4n) is 2.43. The fraction of sp³-hybridized carbons (Fsp3) is 0.538. The lowest BCUT2D eigenvalue weighted by atomic mass is 9.98. The Hall–Kier alpha value is -1.98. The predicted octanol–water partition coefficient (Wildman–Crippen LogP) is 2.04. The summed E-state index contributed by atoms with van der Waals surface area (Å²) in [5.41, 5.74) is -1.12. The SMILES string of the molecule is CC(NC(=O)NC1(C(=O)O)CCCC1)c1ccco1. The molecule has 1 aliphatic rings. The highest BCUT2D eigenvalue weighted by Gasteiger charge is 2.42. The van der Waals surface area contributed by atoms with Crippen LogP contribution in [0.3, 0.4) is 0 Å². The average molecular weight is 266 g/mol. The van der Waals surface area contributed by atoms with Crippen LogP contribution in [0.25, 0.3) is 0 Å². The highest BCUT2D eigenvalue weighted by Crippen LogP contribution is 2.29. The van der Waals surface area contributed by atoms with E-state index in [-0.39, 0.29) is 6.04 Å². The fourth-order valence-corrected chi connectivity index (χ4v) is 2.43. The minimum absolute atomic E-state index is 0.303. The summed E-state index contributed by atoms with van der Waals surface area (Å²) in [5, 5.41) is 14.5. The van der Waals surface area contributed by atoms with Gasteiger partial charge >= 0.3 is 12.0 Å². The first kappa shape index (κ1) is 13.5. The summed E-state index contributed by atoms with van der Waals surface area (Å²) < 4.78 is 5.18. The molecule has 0 aromatic carbocycles. The number of rotatable bonds is 4. The number of urea groups is 1. The van der Waals surface area contributed by atoms with Gasteiger partial charge in [-0.15, -0.1) is 0 Å². The lowest BCUT2D eigenvalue weighted by molar-refractivity contribution is -0.144. The van der Waals surface area contributed by atoms with Crippen LogP contribution >= 0.6 is 0 Å². The van der Waals surface area contributed by atoms with Crippen LogP contribution in [-0.4, -0.2) is 22.6 Å². The van der Waals surface area contributed by atoms with E-state index in [1.54, 1.807) is 19.1 Å². The molecule has 1 fully saturated rings. The van der Waals surface area contributed by atoms with E-state index in [0.717, 1.165) is 12.8 Å².